The van der Waals surface area contributed by atoms with Crippen molar-refractivity contribution in [2.24, 2.45) is 0 Å². The number of Topliss-reactive ketones (excluding diaryl/α,β-unsaturated/α-hetero) is 1. The molecule has 114 valence electrons. The predicted molar refractivity (Wildman–Crippen MR) is 73.8 cm³/mol. The van der Waals surface area contributed by atoms with E-state index in [-0.39, 0.29) is 24.0 Å². The van der Waals surface area contributed by atoms with Crippen LogP contribution in [0.5, 0.6) is 11.5 Å². The maximum absolute atomic E-state index is 12.2. The molecule has 1 saturated heterocycles. The summed E-state index contributed by atoms with van der Waals surface area (Å²) in [6, 6.07) is 4.82. The molecule has 0 aliphatic carbocycles. The third-order valence-corrected chi connectivity index (χ3v) is 3.08. The Morgan fingerprint density at radius 2 is 2.19 bits per heavy atom. The molecule has 1 aromatic carbocycles. The van der Waals surface area contributed by atoms with Crippen LogP contribution in [0, 0.1) is 0 Å². The van der Waals surface area contributed by atoms with E-state index < -0.39 is 11.8 Å². The van der Waals surface area contributed by atoms with E-state index in [4.69, 9.17) is 18.9 Å². The van der Waals surface area contributed by atoms with Gasteiger partial charge in [-0.2, -0.15) is 0 Å². The highest BCUT2D eigenvalue weighted by Gasteiger charge is 2.27. The van der Waals surface area contributed by atoms with Gasteiger partial charge in [-0.25, -0.2) is 4.79 Å². The molecule has 1 aromatic rings. The molecule has 6 heteroatoms. The highest BCUT2D eigenvalue weighted by atomic mass is 16.6. The van der Waals surface area contributed by atoms with Crippen LogP contribution < -0.4 is 9.47 Å². The van der Waals surface area contributed by atoms with Crippen molar-refractivity contribution in [2.75, 3.05) is 26.9 Å². The molecule has 0 amide bonds. The summed E-state index contributed by atoms with van der Waals surface area (Å²) in [7, 11) is 1.48. The third kappa shape index (κ3) is 3.52. The first-order chi connectivity index (χ1) is 10.2. The van der Waals surface area contributed by atoms with E-state index in [2.05, 4.69) is 0 Å². The lowest BCUT2D eigenvalue weighted by molar-refractivity contribution is -0.137. The lowest BCUT2D eigenvalue weighted by Gasteiger charge is -2.17. The molecule has 6 nitrogen and oxygen atoms in total. The molecule has 0 N–H and O–H groups in total. The molecule has 0 saturated carbocycles. The van der Waals surface area contributed by atoms with Crippen LogP contribution in [0.4, 0.5) is 0 Å². The average molecular weight is 294 g/mol. The zero-order chi connectivity index (χ0) is 15.2. The maximum Gasteiger partial charge on any atom is 0.379 e. The van der Waals surface area contributed by atoms with Crippen molar-refractivity contribution in [1.82, 2.24) is 0 Å². The zero-order valence-electron chi connectivity index (χ0n) is 12.1. The smallest absolute Gasteiger partial charge is 0.379 e. The van der Waals surface area contributed by atoms with Gasteiger partial charge in [-0.15, -0.1) is 0 Å². The second kappa shape index (κ2) is 7.08. The van der Waals surface area contributed by atoms with Crippen LogP contribution in [-0.4, -0.2) is 44.8 Å². The minimum atomic E-state index is -0.904. The number of benzene rings is 1. The molecule has 1 aliphatic heterocycles. The second-order valence-electron chi connectivity index (χ2n) is 4.49. The molecule has 1 fully saturated rings. The number of hydrogen-bond donors (Lipinski definition) is 0. The van der Waals surface area contributed by atoms with E-state index in [9.17, 15) is 9.59 Å². The summed E-state index contributed by atoms with van der Waals surface area (Å²) in [5.41, 5.74) is 0.139. The highest BCUT2D eigenvalue weighted by molar-refractivity contribution is 6.41. The summed E-state index contributed by atoms with van der Waals surface area (Å²) < 4.78 is 21.0. The van der Waals surface area contributed by atoms with Crippen LogP contribution in [0.3, 0.4) is 0 Å². The minimum Gasteiger partial charge on any atom is -0.493 e. The Balaban J connectivity index is 2.30. The largest absolute Gasteiger partial charge is 0.493 e. The molecule has 0 aromatic heterocycles. The lowest BCUT2D eigenvalue weighted by Crippen LogP contribution is -2.22. The van der Waals surface area contributed by atoms with E-state index in [0.717, 1.165) is 6.42 Å². The zero-order valence-corrected chi connectivity index (χ0v) is 12.1. The Bertz CT molecular complexity index is 519. The molecule has 0 spiro atoms. The van der Waals surface area contributed by atoms with Crippen molar-refractivity contribution in [1.29, 1.82) is 0 Å². The first kappa shape index (κ1) is 15.3. The second-order valence-corrected chi connectivity index (χ2v) is 4.49. The number of ether oxygens (including phenoxy) is 4. The van der Waals surface area contributed by atoms with Crippen LogP contribution in [-0.2, 0) is 14.3 Å². The van der Waals surface area contributed by atoms with Gasteiger partial charge in [-0.05, 0) is 19.1 Å². The molecule has 1 unspecified atom stereocenters. The van der Waals surface area contributed by atoms with E-state index in [1.54, 1.807) is 19.1 Å². The van der Waals surface area contributed by atoms with Crippen molar-refractivity contribution < 1.29 is 28.5 Å². The third-order valence-electron chi connectivity index (χ3n) is 3.08. The van der Waals surface area contributed by atoms with Crippen LogP contribution in [0.15, 0.2) is 18.2 Å². The summed E-state index contributed by atoms with van der Waals surface area (Å²) in [6.45, 7) is 2.84. The van der Waals surface area contributed by atoms with Crippen molar-refractivity contribution in [3.63, 3.8) is 0 Å². The Morgan fingerprint density at radius 1 is 1.38 bits per heavy atom. The number of hydrogen-bond acceptors (Lipinski definition) is 6. The number of methoxy groups -OCH3 is 1. The van der Waals surface area contributed by atoms with Crippen LogP contribution in [0.2, 0.25) is 0 Å². The molecule has 1 heterocycles. The molecule has 1 atom stereocenters. The fourth-order valence-corrected chi connectivity index (χ4v) is 2.06. The van der Waals surface area contributed by atoms with Gasteiger partial charge in [0.05, 0.1) is 32.5 Å². The summed E-state index contributed by atoms with van der Waals surface area (Å²) in [4.78, 5) is 23.8. The Morgan fingerprint density at radius 3 is 2.81 bits per heavy atom. The van der Waals surface area contributed by atoms with E-state index in [1.165, 1.54) is 13.2 Å². The minimum absolute atomic E-state index is 0.139. The van der Waals surface area contributed by atoms with E-state index in [0.29, 0.717) is 19.0 Å². The van der Waals surface area contributed by atoms with Crippen LogP contribution in [0.1, 0.15) is 23.7 Å². The number of carbonyl (C=O) groups is 2. The quantitative estimate of drug-likeness (QED) is 0.451. The van der Waals surface area contributed by atoms with Gasteiger partial charge in [-0.1, -0.05) is 6.07 Å². The average Bonchev–Trinajstić information content (AvgIpc) is 3.00. The number of ketones is 1. The normalized spacial score (nSPS) is 17.3. The highest BCUT2D eigenvalue weighted by Crippen LogP contribution is 2.33. The van der Waals surface area contributed by atoms with E-state index in [1.807, 2.05) is 0 Å². The van der Waals surface area contributed by atoms with Crippen molar-refractivity contribution >= 4 is 11.8 Å². The monoisotopic (exact) mass is 294 g/mol. The topological polar surface area (TPSA) is 71.1 Å². The molecular weight excluding hydrogens is 276 g/mol. The van der Waals surface area contributed by atoms with Crippen molar-refractivity contribution in [3.05, 3.63) is 23.8 Å². The standard InChI is InChI=1S/C15H18O6/c1-3-20-15(17)13(16)11-5-4-6-12(18-2)14(11)21-10-7-8-19-9-10/h4-6,10H,3,7-9H2,1-2H3. The molecule has 21 heavy (non-hydrogen) atoms. The number of carbonyl (C=O) groups excluding carboxylic acids is 2. The molecule has 2 rings (SSSR count). The first-order valence-electron chi connectivity index (χ1n) is 6.80. The lowest BCUT2D eigenvalue weighted by atomic mass is 10.1. The summed E-state index contributed by atoms with van der Waals surface area (Å²) >= 11 is 0. The van der Waals surface area contributed by atoms with Crippen LogP contribution >= 0.6 is 0 Å². The number of esters is 1. The molecule has 0 bridgehead atoms. The Hall–Kier alpha value is -2.08. The fourth-order valence-electron chi connectivity index (χ4n) is 2.06. The maximum atomic E-state index is 12.2. The van der Waals surface area contributed by atoms with Gasteiger partial charge in [-0.3, -0.25) is 4.79 Å². The summed E-state index contributed by atoms with van der Waals surface area (Å²) in [6.07, 6.45) is 0.570. The van der Waals surface area contributed by atoms with Gasteiger partial charge >= 0.3 is 5.97 Å². The SMILES string of the molecule is CCOC(=O)C(=O)c1cccc(OC)c1OC1CCOC1. The molecule has 1 aliphatic rings. The summed E-state index contributed by atoms with van der Waals surface area (Å²) in [5, 5.41) is 0. The number of rotatable bonds is 6. The van der Waals surface area contributed by atoms with Gasteiger partial charge in [0, 0.05) is 6.42 Å². The van der Waals surface area contributed by atoms with E-state index >= 15 is 0 Å². The number of para-hydroxylation sites is 1. The van der Waals surface area contributed by atoms with Gasteiger partial charge < -0.3 is 18.9 Å². The predicted octanol–water partition coefficient (Wildman–Crippen LogP) is 1.61. The first-order valence-corrected chi connectivity index (χ1v) is 6.80. The Kier molecular flexibility index (Phi) is 5.16. The van der Waals surface area contributed by atoms with Crippen molar-refractivity contribution in [2.45, 2.75) is 19.4 Å². The van der Waals surface area contributed by atoms with Gasteiger partial charge in [0.15, 0.2) is 11.5 Å². The molecular formula is C15H18O6. The molecule has 0 radical (unpaired) electrons. The van der Waals surface area contributed by atoms with Gasteiger partial charge in [0.25, 0.3) is 5.78 Å². The van der Waals surface area contributed by atoms with Gasteiger partial charge in [0.2, 0.25) is 0 Å². The Labute approximate surface area is 122 Å². The summed E-state index contributed by atoms with van der Waals surface area (Å²) in [5.74, 6) is -0.992. The van der Waals surface area contributed by atoms with Crippen molar-refractivity contribution in [3.8, 4) is 11.5 Å². The van der Waals surface area contributed by atoms with Gasteiger partial charge in [0.1, 0.15) is 6.10 Å². The fraction of sp³-hybridized carbons (Fsp3) is 0.467. The van der Waals surface area contributed by atoms with Crippen LogP contribution in [0.25, 0.3) is 0 Å².